The van der Waals surface area contributed by atoms with Crippen LogP contribution in [0.5, 0.6) is 6.01 Å². The van der Waals surface area contributed by atoms with Crippen molar-refractivity contribution in [3.63, 3.8) is 0 Å². The van der Waals surface area contributed by atoms with Gasteiger partial charge in [-0.05, 0) is 33.6 Å². The number of ether oxygens (including phenoxy) is 1. The number of anilines is 2. The van der Waals surface area contributed by atoms with Gasteiger partial charge in [-0.25, -0.2) is 4.98 Å². The predicted octanol–water partition coefficient (Wildman–Crippen LogP) is 5.58. The van der Waals surface area contributed by atoms with Crippen LogP contribution in [0, 0.1) is 0 Å². The Hall–Kier alpha value is -2.61. The highest BCUT2D eigenvalue weighted by atomic mass is 79.9. The molecule has 3 aromatic rings. The van der Waals surface area contributed by atoms with Gasteiger partial charge in [-0.2, -0.15) is 18.2 Å². The second-order valence-electron chi connectivity index (χ2n) is 5.29. The highest BCUT2D eigenvalue weighted by Crippen LogP contribution is 2.36. The molecule has 26 heavy (non-hydrogen) atoms. The number of hydrogen-bond acceptors (Lipinski definition) is 4. The van der Waals surface area contributed by atoms with E-state index in [0.717, 1.165) is 5.56 Å². The largest absolute Gasteiger partial charge is 0.459 e. The number of nitrogens with zero attached hydrogens (tertiary/aromatic N) is 2. The van der Waals surface area contributed by atoms with Crippen molar-refractivity contribution in [3.05, 3.63) is 76.4 Å². The average Bonchev–Trinajstić information content (AvgIpc) is 2.62. The Morgan fingerprint density at radius 2 is 1.69 bits per heavy atom. The minimum absolute atomic E-state index is 0.142. The number of nitrogens with one attached hydrogen (secondary N) is 1. The monoisotopic (exact) mass is 423 g/mol. The SMILES string of the molecule is FC(F)(F)c1cnc(OCc2ccccc2)nc1Nc1ccccc1Br. The van der Waals surface area contributed by atoms with Gasteiger partial charge < -0.3 is 10.1 Å². The summed E-state index contributed by atoms with van der Waals surface area (Å²) in [6.45, 7) is 0.153. The minimum Gasteiger partial charge on any atom is -0.459 e. The molecule has 0 fully saturated rings. The second-order valence-corrected chi connectivity index (χ2v) is 6.15. The topological polar surface area (TPSA) is 47.0 Å². The number of aromatic nitrogens is 2. The van der Waals surface area contributed by atoms with E-state index in [9.17, 15) is 13.2 Å². The van der Waals surface area contributed by atoms with Crippen LogP contribution in [0.4, 0.5) is 24.7 Å². The van der Waals surface area contributed by atoms with Gasteiger partial charge in [0.05, 0.1) is 5.69 Å². The highest BCUT2D eigenvalue weighted by molar-refractivity contribution is 9.10. The third-order valence-corrected chi connectivity index (χ3v) is 4.10. The Labute approximate surface area is 156 Å². The van der Waals surface area contributed by atoms with Crippen molar-refractivity contribution in [2.45, 2.75) is 12.8 Å². The van der Waals surface area contributed by atoms with Crippen LogP contribution in [0.1, 0.15) is 11.1 Å². The normalized spacial score (nSPS) is 11.2. The van der Waals surface area contributed by atoms with Crippen LogP contribution < -0.4 is 10.1 Å². The lowest BCUT2D eigenvalue weighted by Gasteiger charge is -2.15. The molecule has 0 unspecified atom stereocenters. The van der Waals surface area contributed by atoms with Gasteiger partial charge in [-0.15, -0.1) is 0 Å². The number of alkyl halides is 3. The van der Waals surface area contributed by atoms with Crippen LogP contribution in [-0.2, 0) is 12.8 Å². The number of rotatable bonds is 5. The molecule has 0 aliphatic carbocycles. The van der Waals surface area contributed by atoms with Gasteiger partial charge in [0.2, 0.25) is 0 Å². The Morgan fingerprint density at radius 3 is 2.38 bits per heavy atom. The van der Waals surface area contributed by atoms with Crippen molar-refractivity contribution in [2.75, 3.05) is 5.32 Å². The summed E-state index contributed by atoms with van der Waals surface area (Å²) in [4.78, 5) is 7.59. The van der Waals surface area contributed by atoms with E-state index in [2.05, 4.69) is 31.2 Å². The standard InChI is InChI=1S/C18H13BrF3N3O/c19-14-8-4-5-9-15(14)24-16-13(18(20,21)22)10-23-17(25-16)26-11-12-6-2-1-3-7-12/h1-10H,11H2,(H,23,24,25). The molecule has 1 aromatic heterocycles. The van der Waals surface area contributed by atoms with Crippen LogP contribution in [-0.4, -0.2) is 9.97 Å². The highest BCUT2D eigenvalue weighted by Gasteiger charge is 2.35. The molecular formula is C18H13BrF3N3O. The van der Waals surface area contributed by atoms with Crippen LogP contribution in [0.3, 0.4) is 0 Å². The smallest absolute Gasteiger partial charge is 0.421 e. The summed E-state index contributed by atoms with van der Waals surface area (Å²) in [6.07, 6.45) is -3.88. The van der Waals surface area contributed by atoms with Crippen molar-refractivity contribution < 1.29 is 17.9 Å². The molecule has 8 heteroatoms. The van der Waals surface area contributed by atoms with Crippen LogP contribution in [0.15, 0.2) is 65.3 Å². The molecule has 0 bridgehead atoms. The van der Waals surface area contributed by atoms with E-state index in [1.807, 2.05) is 30.3 Å². The summed E-state index contributed by atoms with van der Waals surface area (Å²) >= 11 is 3.29. The molecule has 134 valence electrons. The van der Waals surface area contributed by atoms with Crippen molar-refractivity contribution in [3.8, 4) is 6.01 Å². The molecule has 1 N–H and O–H groups in total. The number of hydrogen-bond donors (Lipinski definition) is 1. The Kier molecular flexibility index (Phi) is 5.41. The first-order valence-electron chi connectivity index (χ1n) is 7.56. The van der Waals surface area contributed by atoms with Gasteiger partial charge in [0.15, 0.2) is 0 Å². The van der Waals surface area contributed by atoms with Gasteiger partial charge >= 0.3 is 12.2 Å². The van der Waals surface area contributed by atoms with E-state index in [-0.39, 0.29) is 18.4 Å². The Morgan fingerprint density at radius 1 is 1.00 bits per heavy atom. The minimum atomic E-state index is -4.60. The summed E-state index contributed by atoms with van der Waals surface area (Å²) in [5.74, 6) is -0.373. The maximum absolute atomic E-state index is 13.3. The Bertz CT molecular complexity index is 888. The summed E-state index contributed by atoms with van der Waals surface area (Å²) in [6, 6.07) is 15.9. The number of halogens is 4. The fourth-order valence-corrected chi connectivity index (χ4v) is 2.53. The van der Waals surface area contributed by atoms with Gasteiger partial charge in [-0.1, -0.05) is 42.5 Å². The van der Waals surface area contributed by atoms with Gasteiger partial charge in [0.1, 0.15) is 18.0 Å². The zero-order chi connectivity index (χ0) is 18.6. The van der Waals surface area contributed by atoms with Crippen LogP contribution >= 0.6 is 15.9 Å². The molecule has 0 saturated carbocycles. The Balaban J connectivity index is 1.88. The maximum atomic E-state index is 13.3. The maximum Gasteiger partial charge on any atom is 0.421 e. The van der Waals surface area contributed by atoms with Crippen molar-refractivity contribution in [1.29, 1.82) is 0 Å². The first-order valence-corrected chi connectivity index (χ1v) is 8.35. The molecule has 0 aliphatic heterocycles. The lowest BCUT2D eigenvalue weighted by atomic mass is 10.2. The molecular weight excluding hydrogens is 411 g/mol. The van der Waals surface area contributed by atoms with E-state index in [1.54, 1.807) is 24.3 Å². The lowest BCUT2D eigenvalue weighted by molar-refractivity contribution is -0.137. The molecule has 0 spiro atoms. The fraction of sp³-hybridized carbons (Fsp3) is 0.111. The van der Waals surface area contributed by atoms with E-state index in [1.165, 1.54) is 0 Å². The van der Waals surface area contributed by atoms with Gasteiger partial charge in [0, 0.05) is 10.7 Å². The molecule has 0 radical (unpaired) electrons. The molecule has 0 aliphatic rings. The third kappa shape index (κ3) is 4.51. The summed E-state index contributed by atoms with van der Waals surface area (Å²) in [5, 5.41) is 2.69. The zero-order valence-electron chi connectivity index (χ0n) is 13.3. The van der Waals surface area contributed by atoms with Gasteiger partial charge in [0.25, 0.3) is 0 Å². The molecule has 3 rings (SSSR count). The van der Waals surface area contributed by atoms with E-state index >= 15 is 0 Å². The van der Waals surface area contributed by atoms with Crippen molar-refractivity contribution in [2.24, 2.45) is 0 Å². The number of para-hydroxylation sites is 1. The first-order chi connectivity index (χ1) is 12.4. The molecule has 4 nitrogen and oxygen atoms in total. The summed E-state index contributed by atoms with van der Waals surface area (Å²) in [5.41, 5.74) is 0.335. The van der Waals surface area contributed by atoms with Crippen molar-refractivity contribution >= 4 is 27.4 Å². The van der Waals surface area contributed by atoms with Gasteiger partial charge in [-0.3, -0.25) is 0 Å². The van der Waals surface area contributed by atoms with E-state index in [0.29, 0.717) is 16.4 Å². The molecule has 0 saturated heterocycles. The first kappa shape index (κ1) is 18.2. The summed E-state index contributed by atoms with van der Waals surface area (Å²) in [7, 11) is 0. The molecule has 0 atom stereocenters. The van der Waals surface area contributed by atoms with Crippen LogP contribution in [0.2, 0.25) is 0 Å². The zero-order valence-corrected chi connectivity index (χ0v) is 14.9. The molecule has 1 heterocycles. The molecule has 2 aromatic carbocycles. The van der Waals surface area contributed by atoms with Crippen molar-refractivity contribution in [1.82, 2.24) is 9.97 Å². The lowest BCUT2D eigenvalue weighted by Crippen LogP contribution is -2.12. The predicted molar refractivity (Wildman–Crippen MR) is 95.2 cm³/mol. The molecule has 0 amide bonds. The van der Waals surface area contributed by atoms with E-state index < -0.39 is 11.7 Å². The third-order valence-electron chi connectivity index (χ3n) is 3.41. The quantitative estimate of drug-likeness (QED) is 0.581. The fourth-order valence-electron chi connectivity index (χ4n) is 2.15. The number of benzene rings is 2. The summed E-state index contributed by atoms with van der Waals surface area (Å²) < 4.78 is 45.8. The second kappa shape index (κ2) is 7.74. The average molecular weight is 424 g/mol. The van der Waals surface area contributed by atoms with E-state index in [4.69, 9.17) is 4.74 Å². The van der Waals surface area contributed by atoms with Crippen LogP contribution in [0.25, 0.3) is 0 Å².